The molecule has 1 N–H and O–H groups in total. The van der Waals surface area contributed by atoms with Crippen LogP contribution >= 0.6 is 11.6 Å². The highest BCUT2D eigenvalue weighted by Crippen LogP contribution is 2.23. The molecule has 1 unspecified atom stereocenters. The molecule has 1 atom stereocenters. The molecule has 0 spiro atoms. The lowest BCUT2D eigenvalue weighted by Crippen LogP contribution is -2.07. The van der Waals surface area contributed by atoms with Gasteiger partial charge in [-0.15, -0.1) is 0 Å². The van der Waals surface area contributed by atoms with Crippen molar-refractivity contribution in [3.63, 3.8) is 0 Å². The van der Waals surface area contributed by atoms with Gasteiger partial charge in [0.15, 0.2) is 0 Å². The summed E-state index contributed by atoms with van der Waals surface area (Å²) in [6.45, 7) is 1.84. The number of nitrogens with zero attached hydrogens (tertiary/aromatic N) is 1. The molecule has 0 fully saturated rings. The number of aromatic nitrogens is 1. The third-order valence-electron chi connectivity index (χ3n) is 2.53. The number of pyridine rings is 1. The predicted molar refractivity (Wildman–Crippen MR) is 67.6 cm³/mol. The summed E-state index contributed by atoms with van der Waals surface area (Å²) < 4.78 is 26.3. The molecule has 1 aromatic heterocycles. The number of benzene rings is 1. The second kappa shape index (κ2) is 5.31. The molecule has 1 heterocycles. The summed E-state index contributed by atoms with van der Waals surface area (Å²) in [5, 5.41) is 3.12. The van der Waals surface area contributed by atoms with Crippen molar-refractivity contribution in [3.05, 3.63) is 58.9 Å². The van der Waals surface area contributed by atoms with E-state index < -0.39 is 11.6 Å². The van der Waals surface area contributed by atoms with Crippen LogP contribution in [-0.4, -0.2) is 4.98 Å². The molecule has 94 valence electrons. The van der Waals surface area contributed by atoms with Crippen LogP contribution in [0.15, 0.2) is 36.7 Å². The highest BCUT2D eigenvalue weighted by atomic mass is 35.5. The van der Waals surface area contributed by atoms with E-state index in [9.17, 15) is 8.78 Å². The maximum atomic E-state index is 13.3. The van der Waals surface area contributed by atoms with E-state index in [0.717, 1.165) is 6.20 Å². The Bertz CT molecular complexity index is 560. The fraction of sp³-hybridized carbons (Fsp3) is 0.154. The van der Waals surface area contributed by atoms with Crippen molar-refractivity contribution in [3.8, 4) is 0 Å². The Kier molecular flexibility index (Phi) is 3.77. The van der Waals surface area contributed by atoms with Crippen LogP contribution in [0.1, 0.15) is 18.5 Å². The van der Waals surface area contributed by atoms with Gasteiger partial charge in [-0.2, -0.15) is 0 Å². The molecule has 0 amide bonds. The van der Waals surface area contributed by atoms with Crippen molar-refractivity contribution in [1.29, 1.82) is 0 Å². The molecule has 0 saturated carbocycles. The molecule has 5 heteroatoms. The van der Waals surface area contributed by atoms with Crippen molar-refractivity contribution in [2.24, 2.45) is 0 Å². The van der Waals surface area contributed by atoms with Crippen molar-refractivity contribution >= 4 is 17.3 Å². The first kappa shape index (κ1) is 12.8. The van der Waals surface area contributed by atoms with E-state index in [4.69, 9.17) is 11.6 Å². The van der Waals surface area contributed by atoms with Crippen molar-refractivity contribution in [1.82, 2.24) is 4.98 Å². The minimum absolute atomic E-state index is 0.0700. The highest BCUT2D eigenvalue weighted by Gasteiger charge is 2.08. The van der Waals surface area contributed by atoms with Crippen molar-refractivity contribution < 1.29 is 8.78 Å². The smallest absolute Gasteiger partial charge is 0.143 e. The Labute approximate surface area is 109 Å². The number of anilines is 1. The van der Waals surface area contributed by atoms with E-state index in [0.29, 0.717) is 11.3 Å². The zero-order valence-corrected chi connectivity index (χ0v) is 10.4. The standard InChI is InChI=1S/C13H11ClF2N2/c1-8(9-4-10(15)7-17-6-9)18-11-2-3-12(14)13(16)5-11/h2-8,18H,1H3. The first-order valence-electron chi connectivity index (χ1n) is 5.38. The van der Waals surface area contributed by atoms with E-state index in [2.05, 4.69) is 10.3 Å². The highest BCUT2D eigenvalue weighted by molar-refractivity contribution is 6.30. The van der Waals surface area contributed by atoms with E-state index in [-0.39, 0.29) is 11.1 Å². The summed E-state index contributed by atoms with van der Waals surface area (Å²) in [6, 6.07) is 5.63. The maximum Gasteiger partial charge on any atom is 0.143 e. The quantitative estimate of drug-likeness (QED) is 0.903. The Balaban J connectivity index is 2.16. The van der Waals surface area contributed by atoms with Crippen LogP contribution in [0.2, 0.25) is 5.02 Å². The summed E-state index contributed by atoms with van der Waals surface area (Å²) in [5.74, 6) is -0.894. The lowest BCUT2D eigenvalue weighted by molar-refractivity contribution is 0.616. The van der Waals surface area contributed by atoms with Gasteiger partial charge in [0.1, 0.15) is 11.6 Å². The van der Waals surface area contributed by atoms with Crippen LogP contribution in [0.3, 0.4) is 0 Å². The van der Waals surface area contributed by atoms with Gasteiger partial charge < -0.3 is 5.32 Å². The number of hydrogen-bond donors (Lipinski definition) is 1. The van der Waals surface area contributed by atoms with Crippen LogP contribution in [0.4, 0.5) is 14.5 Å². The van der Waals surface area contributed by atoms with Gasteiger partial charge in [0.25, 0.3) is 0 Å². The van der Waals surface area contributed by atoms with Crippen LogP contribution in [-0.2, 0) is 0 Å². The molecular weight excluding hydrogens is 258 g/mol. The van der Waals surface area contributed by atoms with Gasteiger partial charge in [0.05, 0.1) is 17.3 Å². The Morgan fingerprint density at radius 1 is 1.22 bits per heavy atom. The third-order valence-corrected chi connectivity index (χ3v) is 2.84. The SMILES string of the molecule is CC(Nc1ccc(Cl)c(F)c1)c1cncc(F)c1. The zero-order chi connectivity index (χ0) is 13.1. The molecule has 0 radical (unpaired) electrons. The van der Waals surface area contributed by atoms with E-state index in [1.807, 2.05) is 6.92 Å². The van der Waals surface area contributed by atoms with Gasteiger partial charge in [-0.05, 0) is 36.8 Å². The summed E-state index contributed by atoms with van der Waals surface area (Å²) in [5.41, 5.74) is 1.26. The number of halogens is 3. The molecule has 0 aliphatic rings. The van der Waals surface area contributed by atoms with Crippen molar-refractivity contribution in [2.75, 3.05) is 5.32 Å². The molecule has 2 aromatic rings. The van der Waals surface area contributed by atoms with Crippen LogP contribution in [0.5, 0.6) is 0 Å². The largest absolute Gasteiger partial charge is 0.378 e. The van der Waals surface area contributed by atoms with E-state index >= 15 is 0 Å². The molecule has 2 nitrogen and oxygen atoms in total. The Morgan fingerprint density at radius 3 is 2.67 bits per heavy atom. The molecule has 0 bridgehead atoms. The Hall–Kier alpha value is -1.68. The first-order chi connectivity index (χ1) is 8.56. The van der Waals surface area contributed by atoms with Gasteiger partial charge in [-0.1, -0.05) is 11.6 Å². The lowest BCUT2D eigenvalue weighted by Gasteiger charge is -2.15. The maximum absolute atomic E-state index is 13.3. The molecule has 2 rings (SSSR count). The predicted octanol–water partition coefficient (Wildman–Crippen LogP) is 4.19. The van der Waals surface area contributed by atoms with Gasteiger partial charge in [0.2, 0.25) is 0 Å². The average Bonchev–Trinajstić information content (AvgIpc) is 2.34. The van der Waals surface area contributed by atoms with Gasteiger partial charge >= 0.3 is 0 Å². The van der Waals surface area contributed by atoms with Gasteiger partial charge in [-0.3, -0.25) is 4.98 Å². The second-order valence-corrected chi connectivity index (χ2v) is 4.34. The summed E-state index contributed by atoms with van der Waals surface area (Å²) >= 11 is 5.59. The van der Waals surface area contributed by atoms with Crippen molar-refractivity contribution in [2.45, 2.75) is 13.0 Å². The third kappa shape index (κ3) is 2.96. The lowest BCUT2D eigenvalue weighted by atomic mass is 10.1. The molecule has 0 aliphatic heterocycles. The minimum Gasteiger partial charge on any atom is -0.378 e. The second-order valence-electron chi connectivity index (χ2n) is 3.93. The van der Waals surface area contributed by atoms with Crippen LogP contribution in [0, 0.1) is 11.6 Å². The molecule has 18 heavy (non-hydrogen) atoms. The molecule has 0 aliphatic carbocycles. The van der Waals surface area contributed by atoms with Gasteiger partial charge in [-0.25, -0.2) is 8.78 Å². The Morgan fingerprint density at radius 2 is 2.00 bits per heavy atom. The summed E-state index contributed by atoms with van der Waals surface area (Å²) in [4.78, 5) is 3.77. The van der Waals surface area contributed by atoms with E-state index in [1.165, 1.54) is 18.2 Å². The van der Waals surface area contributed by atoms with Gasteiger partial charge in [0, 0.05) is 11.9 Å². The molecule has 1 aromatic carbocycles. The van der Waals surface area contributed by atoms with Crippen LogP contribution < -0.4 is 5.32 Å². The number of rotatable bonds is 3. The summed E-state index contributed by atoms with van der Waals surface area (Å²) in [7, 11) is 0. The topological polar surface area (TPSA) is 24.9 Å². The number of hydrogen-bond acceptors (Lipinski definition) is 2. The molecular formula is C13H11ClF2N2. The fourth-order valence-corrected chi connectivity index (χ4v) is 1.70. The minimum atomic E-state index is -0.494. The zero-order valence-electron chi connectivity index (χ0n) is 9.62. The van der Waals surface area contributed by atoms with E-state index in [1.54, 1.807) is 12.3 Å². The molecule has 0 saturated heterocycles. The summed E-state index contributed by atoms with van der Waals surface area (Å²) in [6.07, 6.45) is 2.70. The van der Waals surface area contributed by atoms with Crippen LogP contribution in [0.25, 0.3) is 0 Å². The monoisotopic (exact) mass is 268 g/mol. The normalized spacial score (nSPS) is 12.2. The average molecular weight is 269 g/mol. The fourth-order valence-electron chi connectivity index (χ4n) is 1.58. The number of nitrogens with one attached hydrogen (secondary N) is 1. The first-order valence-corrected chi connectivity index (χ1v) is 5.76.